The first-order valence-corrected chi connectivity index (χ1v) is 20.9. The van der Waals surface area contributed by atoms with Crippen LogP contribution in [0.3, 0.4) is 0 Å². The molecule has 11 aromatic rings. The molecule has 0 aliphatic rings. The van der Waals surface area contributed by atoms with Gasteiger partial charge in [0.1, 0.15) is 20.1 Å². The molecule has 11 rings (SSSR count). The summed E-state index contributed by atoms with van der Waals surface area (Å²) in [5.74, 6) is 0.920. The molecule has 3 heterocycles. The van der Waals surface area contributed by atoms with Crippen molar-refractivity contribution in [2.75, 3.05) is 0 Å². The molecule has 0 bridgehead atoms. The van der Waals surface area contributed by atoms with Crippen molar-refractivity contribution in [1.82, 2.24) is 18.7 Å². The average molecular weight is 733 g/mol. The third-order valence-corrected chi connectivity index (χ3v) is 14.3. The number of fused-ring (bicyclic) bond motifs is 7. The molecule has 0 aliphatic carbocycles. The molecular weight excluding hydrogens is 697 g/mol. The standard InChI is InChI=1S/C51H36N4Si/c1-6-18-36(19-7-1)50-52-51-49(55(50)38-22-10-3-11-23-38)44-34-35-46-47(48(44)54(51)37-20-8-2-9-21-37)43-28-16-17-29-45(43)53(46)39-30-32-42(33-31-39)56(40-24-12-4-13-25-40)41-26-14-5-15-27-41/h1-35,56H. The van der Waals surface area contributed by atoms with Crippen LogP contribution in [0.2, 0.25) is 0 Å². The van der Waals surface area contributed by atoms with Gasteiger partial charge in [-0.3, -0.25) is 9.13 Å². The lowest BCUT2D eigenvalue weighted by Crippen LogP contribution is -2.51. The molecule has 56 heavy (non-hydrogen) atoms. The fourth-order valence-corrected chi connectivity index (χ4v) is 11.7. The van der Waals surface area contributed by atoms with E-state index in [0.717, 1.165) is 50.5 Å². The highest BCUT2D eigenvalue weighted by atomic mass is 28.3. The Hall–Kier alpha value is -7.21. The summed E-state index contributed by atoms with van der Waals surface area (Å²) >= 11 is 0. The molecule has 0 spiro atoms. The lowest BCUT2D eigenvalue weighted by atomic mass is 10.1. The van der Waals surface area contributed by atoms with Gasteiger partial charge in [-0.15, -0.1) is 0 Å². The predicted octanol–water partition coefficient (Wildman–Crippen LogP) is 9.98. The number of aromatic nitrogens is 4. The van der Waals surface area contributed by atoms with E-state index < -0.39 is 8.80 Å². The van der Waals surface area contributed by atoms with Gasteiger partial charge in [0.2, 0.25) is 0 Å². The molecule has 0 saturated carbocycles. The van der Waals surface area contributed by atoms with E-state index in [-0.39, 0.29) is 0 Å². The summed E-state index contributed by atoms with van der Waals surface area (Å²) in [4.78, 5) is 5.52. The van der Waals surface area contributed by atoms with Crippen LogP contribution in [0.25, 0.3) is 72.3 Å². The van der Waals surface area contributed by atoms with Gasteiger partial charge in [-0.25, -0.2) is 4.98 Å². The van der Waals surface area contributed by atoms with Crippen LogP contribution in [0.5, 0.6) is 0 Å². The summed E-state index contributed by atoms with van der Waals surface area (Å²) in [7, 11) is -1.67. The minimum atomic E-state index is -1.67. The maximum Gasteiger partial charge on any atom is 0.165 e. The number of benzene rings is 8. The van der Waals surface area contributed by atoms with Crippen LogP contribution in [0.15, 0.2) is 212 Å². The number of nitrogens with zero attached hydrogens (tertiary/aromatic N) is 4. The van der Waals surface area contributed by atoms with E-state index in [0.29, 0.717) is 0 Å². The second kappa shape index (κ2) is 13.3. The van der Waals surface area contributed by atoms with Crippen molar-refractivity contribution >= 4 is 68.2 Å². The smallest absolute Gasteiger partial charge is 0.165 e. The second-order valence-corrected chi connectivity index (χ2v) is 17.2. The number of rotatable bonds is 7. The number of imidazole rings is 1. The molecule has 0 N–H and O–H groups in total. The number of hydrogen-bond donors (Lipinski definition) is 0. The van der Waals surface area contributed by atoms with E-state index >= 15 is 0 Å². The highest BCUT2D eigenvalue weighted by Crippen LogP contribution is 2.43. The summed E-state index contributed by atoms with van der Waals surface area (Å²) < 4.78 is 7.17. The normalized spacial score (nSPS) is 11.7. The van der Waals surface area contributed by atoms with Crippen molar-refractivity contribution in [2.45, 2.75) is 0 Å². The molecule has 3 aromatic heterocycles. The fraction of sp³-hybridized carbons (Fsp3) is 0. The van der Waals surface area contributed by atoms with E-state index in [9.17, 15) is 0 Å². The Labute approximate surface area is 326 Å². The molecular formula is C51H36N4Si. The summed E-state index contributed by atoms with van der Waals surface area (Å²) in [6, 6.07) is 76.8. The van der Waals surface area contributed by atoms with Gasteiger partial charge in [0.25, 0.3) is 0 Å². The monoisotopic (exact) mass is 732 g/mol. The molecule has 0 atom stereocenters. The summed E-state index contributed by atoms with van der Waals surface area (Å²) in [6.07, 6.45) is 0. The molecule has 0 saturated heterocycles. The van der Waals surface area contributed by atoms with Crippen molar-refractivity contribution in [3.63, 3.8) is 0 Å². The topological polar surface area (TPSA) is 27.7 Å². The zero-order chi connectivity index (χ0) is 37.0. The van der Waals surface area contributed by atoms with Crippen LogP contribution in [0.4, 0.5) is 0 Å². The Bertz CT molecular complexity index is 3110. The van der Waals surface area contributed by atoms with Crippen molar-refractivity contribution in [2.24, 2.45) is 0 Å². The fourth-order valence-electron chi connectivity index (χ4n) is 8.78. The lowest BCUT2D eigenvalue weighted by molar-refractivity contribution is 1.10. The van der Waals surface area contributed by atoms with E-state index in [1.165, 1.54) is 37.4 Å². The molecule has 8 aromatic carbocycles. The highest BCUT2D eigenvalue weighted by Gasteiger charge is 2.27. The predicted molar refractivity (Wildman–Crippen MR) is 237 cm³/mol. The zero-order valence-corrected chi connectivity index (χ0v) is 31.7. The van der Waals surface area contributed by atoms with Gasteiger partial charge >= 0.3 is 0 Å². The minimum Gasteiger partial charge on any atom is -0.309 e. The maximum atomic E-state index is 5.52. The van der Waals surface area contributed by atoms with Crippen LogP contribution in [0.1, 0.15) is 0 Å². The van der Waals surface area contributed by atoms with Gasteiger partial charge in [0.15, 0.2) is 5.65 Å². The quantitative estimate of drug-likeness (QED) is 0.118. The number of hydrogen-bond acceptors (Lipinski definition) is 1. The Morgan fingerprint density at radius 2 is 0.839 bits per heavy atom. The summed E-state index contributed by atoms with van der Waals surface area (Å²) in [5, 5.41) is 7.83. The molecule has 264 valence electrons. The number of para-hydroxylation sites is 3. The first-order chi connectivity index (χ1) is 27.8. The van der Waals surface area contributed by atoms with E-state index in [4.69, 9.17) is 4.98 Å². The van der Waals surface area contributed by atoms with Gasteiger partial charge in [0, 0.05) is 38.8 Å². The molecule has 0 amide bonds. The molecule has 5 heteroatoms. The van der Waals surface area contributed by atoms with Crippen molar-refractivity contribution in [3.05, 3.63) is 212 Å². The highest BCUT2D eigenvalue weighted by molar-refractivity contribution is 6.95. The van der Waals surface area contributed by atoms with E-state index in [1.54, 1.807) is 0 Å². The van der Waals surface area contributed by atoms with E-state index in [1.807, 2.05) is 0 Å². The zero-order valence-electron chi connectivity index (χ0n) is 30.6. The SMILES string of the molecule is c1ccc(-c2nc3c(c4ccc5c(c6ccccc6n5-c5ccc([SiH](c6ccccc6)c6ccccc6)cc5)c4n3-c3ccccc3)n2-c2ccccc2)cc1. The van der Waals surface area contributed by atoms with Gasteiger partial charge < -0.3 is 4.57 Å². The summed E-state index contributed by atoms with van der Waals surface area (Å²) in [6.45, 7) is 0. The van der Waals surface area contributed by atoms with Crippen LogP contribution in [0, 0.1) is 0 Å². The van der Waals surface area contributed by atoms with Crippen molar-refractivity contribution < 1.29 is 0 Å². The van der Waals surface area contributed by atoms with Gasteiger partial charge in [-0.05, 0) is 54.6 Å². The summed E-state index contributed by atoms with van der Waals surface area (Å²) in [5.41, 5.74) is 9.90. The van der Waals surface area contributed by atoms with Crippen LogP contribution >= 0.6 is 0 Å². The van der Waals surface area contributed by atoms with Gasteiger partial charge in [0.05, 0.1) is 16.6 Å². The third kappa shape index (κ3) is 5.09. The largest absolute Gasteiger partial charge is 0.309 e. The van der Waals surface area contributed by atoms with E-state index in [2.05, 4.69) is 226 Å². The Balaban J connectivity index is 1.19. The van der Waals surface area contributed by atoms with Crippen LogP contribution in [-0.4, -0.2) is 27.5 Å². The average Bonchev–Trinajstić information content (AvgIpc) is 3.93. The minimum absolute atomic E-state index is 0.920. The molecule has 0 radical (unpaired) electrons. The Kier molecular flexibility index (Phi) is 7.64. The first-order valence-electron chi connectivity index (χ1n) is 19.2. The van der Waals surface area contributed by atoms with Gasteiger partial charge in [-0.1, -0.05) is 173 Å². The molecule has 0 unspecified atom stereocenters. The Morgan fingerprint density at radius 1 is 0.339 bits per heavy atom. The molecule has 0 fully saturated rings. The Morgan fingerprint density at radius 3 is 1.46 bits per heavy atom. The first kappa shape index (κ1) is 32.2. The van der Waals surface area contributed by atoms with Crippen LogP contribution in [-0.2, 0) is 0 Å². The van der Waals surface area contributed by atoms with Crippen LogP contribution < -0.4 is 15.6 Å². The van der Waals surface area contributed by atoms with Crippen molar-refractivity contribution in [3.8, 4) is 28.5 Å². The third-order valence-electron chi connectivity index (χ3n) is 11.2. The second-order valence-electron chi connectivity index (χ2n) is 14.4. The molecule has 0 aliphatic heterocycles. The van der Waals surface area contributed by atoms with Gasteiger partial charge in [-0.2, -0.15) is 0 Å². The van der Waals surface area contributed by atoms with Crippen molar-refractivity contribution in [1.29, 1.82) is 0 Å². The maximum absolute atomic E-state index is 5.52. The lowest BCUT2D eigenvalue weighted by Gasteiger charge is -2.18. The molecule has 4 nitrogen and oxygen atoms in total.